The van der Waals surface area contributed by atoms with Crippen molar-refractivity contribution in [2.45, 2.75) is 113 Å². The summed E-state index contributed by atoms with van der Waals surface area (Å²) in [5.41, 5.74) is 2.91. The van der Waals surface area contributed by atoms with Gasteiger partial charge in [-0.3, -0.25) is 19.1 Å². The number of fused-ring (bicyclic) bond motifs is 7. The molecular weight excluding hydrogens is 677 g/mol. The Morgan fingerprint density at radius 1 is 0.981 bits per heavy atom. The van der Waals surface area contributed by atoms with Crippen molar-refractivity contribution in [3.8, 4) is 11.1 Å². The van der Waals surface area contributed by atoms with Gasteiger partial charge in [0.05, 0.1) is 24.0 Å². The topological polar surface area (TPSA) is 134 Å². The summed E-state index contributed by atoms with van der Waals surface area (Å²) >= 11 is 0. The zero-order valence-electron chi connectivity index (χ0n) is 29.9. The van der Waals surface area contributed by atoms with E-state index >= 15 is 0 Å². The van der Waals surface area contributed by atoms with Crippen molar-refractivity contribution in [1.29, 1.82) is 0 Å². The summed E-state index contributed by atoms with van der Waals surface area (Å²) in [6.07, 6.45) is 15.1. The second-order valence-electron chi connectivity index (χ2n) is 15.4. The Morgan fingerprint density at radius 2 is 1.75 bits per heavy atom. The van der Waals surface area contributed by atoms with E-state index in [1.54, 1.807) is 11.0 Å². The van der Waals surface area contributed by atoms with Crippen LogP contribution in [0.3, 0.4) is 0 Å². The number of hydrogen-bond acceptors (Lipinski definition) is 7. The van der Waals surface area contributed by atoms with Gasteiger partial charge in [-0.1, -0.05) is 73.9 Å². The molecule has 2 aromatic carbocycles. The lowest BCUT2D eigenvalue weighted by Gasteiger charge is -2.35. The van der Waals surface area contributed by atoms with Crippen molar-refractivity contribution in [1.82, 2.24) is 20.3 Å². The van der Waals surface area contributed by atoms with Gasteiger partial charge in [-0.25, -0.2) is 8.42 Å². The molecule has 2 aliphatic heterocycles. The Kier molecular flexibility index (Phi) is 11.0. The van der Waals surface area contributed by atoms with Crippen molar-refractivity contribution >= 4 is 33.8 Å². The first-order valence-corrected chi connectivity index (χ1v) is 20.7. The smallest absolute Gasteiger partial charge is 0.259 e. The molecule has 2 aromatic rings. The largest absolute Gasteiger partial charge is 0.372 e. The Morgan fingerprint density at radius 3 is 2.50 bits per heavy atom. The third-order valence-corrected chi connectivity index (χ3v) is 13.4. The summed E-state index contributed by atoms with van der Waals surface area (Å²) < 4.78 is 34.1. The summed E-state index contributed by atoms with van der Waals surface area (Å²) in [6.45, 7) is 5.07. The van der Waals surface area contributed by atoms with Crippen molar-refractivity contribution in [3.05, 3.63) is 78.4 Å². The normalized spacial score (nSPS) is 29.5. The quantitative estimate of drug-likeness (QED) is 0.332. The lowest BCUT2D eigenvalue weighted by atomic mass is 9.83. The molecule has 5 aliphatic rings. The van der Waals surface area contributed by atoms with E-state index in [4.69, 9.17) is 4.74 Å². The molecule has 2 heterocycles. The van der Waals surface area contributed by atoms with Crippen LogP contribution >= 0.6 is 0 Å². The SMILES string of the molecule is C=C[C@@H]1C[C@]1(NC(=O)[C@@H]1C[C@@H]2CN1C(=O)[C@H](C1CCCCC1)NCCCC/C=C\c1cccc(c1)-c1cccc(c1)CO2)C(=O)NS(=O)(=O)C1CC1. The third-order valence-electron chi connectivity index (χ3n) is 11.6. The number of nitrogens with one attached hydrogen (secondary N) is 3. The fraction of sp³-hybridized carbons (Fsp3) is 0.537. The molecule has 3 saturated carbocycles. The second-order valence-corrected chi connectivity index (χ2v) is 17.4. The van der Waals surface area contributed by atoms with Crippen LogP contribution in [0.25, 0.3) is 17.2 Å². The molecule has 10 nitrogen and oxygen atoms in total. The number of sulfonamides is 1. The lowest BCUT2D eigenvalue weighted by molar-refractivity contribution is -0.142. The minimum atomic E-state index is -3.82. The van der Waals surface area contributed by atoms with E-state index in [0.717, 1.165) is 73.6 Å². The van der Waals surface area contributed by atoms with E-state index < -0.39 is 56.7 Å². The predicted molar refractivity (Wildman–Crippen MR) is 201 cm³/mol. The number of nitrogens with zero attached hydrogens (tertiary/aromatic N) is 1. The number of carbonyl (C=O) groups is 3. The van der Waals surface area contributed by atoms with Gasteiger partial charge in [-0.15, -0.1) is 6.58 Å². The highest BCUT2D eigenvalue weighted by Gasteiger charge is 2.62. The van der Waals surface area contributed by atoms with Crippen LogP contribution in [0.4, 0.5) is 0 Å². The number of amides is 3. The van der Waals surface area contributed by atoms with Crippen molar-refractivity contribution in [2.75, 3.05) is 13.1 Å². The number of hydrogen-bond donors (Lipinski definition) is 3. The van der Waals surface area contributed by atoms with Gasteiger partial charge in [-0.2, -0.15) is 0 Å². The van der Waals surface area contributed by atoms with Gasteiger partial charge in [0.25, 0.3) is 5.91 Å². The van der Waals surface area contributed by atoms with Crippen LogP contribution in [0.2, 0.25) is 0 Å². The molecule has 7 rings (SSSR count). The molecule has 5 atom stereocenters. The first-order valence-electron chi connectivity index (χ1n) is 19.2. The first kappa shape index (κ1) is 36.6. The molecule has 3 N–H and O–H groups in total. The van der Waals surface area contributed by atoms with E-state index in [0.29, 0.717) is 26.0 Å². The Balaban J connectivity index is 1.15. The summed E-state index contributed by atoms with van der Waals surface area (Å²) in [4.78, 5) is 44.1. The molecule has 1 saturated heterocycles. The molecule has 4 fully saturated rings. The molecule has 3 amide bonds. The van der Waals surface area contributed by atoms with Crippen LogP contribution in [0.1, 0.15) is 88.2 Å². The van der Waals surface area contributed by atoms with Gasteiger partial charge in [-0.05, 0) is 98.2 Å². The molecule has 278 valence electrons. The number of ether oxygens (including phenoxy) is 1. The minimum Gasteiger partial charge on any atom is -0.372 e. The number of rotatable bonds is 7. The summed E-state index contributed by atoms with van der Waals surface area (Å²) in [7, 11) is -3.82. The minimum absolute atomic E-state index is 0.112. The molecule has 0 radical (unpaired) electrons. The summed E-state index contributed by atoms with van der Waals surface area (Å²) in [5, 5.41) is 5.96. The molecule has 3 aliphatic carbocycles. The van der Waals surface area contributed by atoms with Crippen LogP contribution < -0.4 is 15.4 Å². The van der Waals surface area contributed by atoms with Crippen LogP contribution in [-0.4, -0.2) is 73.1 Å². The predicted octanol–water partition coefficient (Wildman–Crippen LogP) is 5.24. The van der Waals surface area contributed by atoms with Crippen LogP contribution in [-0.2, 0) is 35.8 Å². The number of allylic oxidation sites excluding steroid dienone is 1. The van der Waals surface area contributed by atoms with E-state index in [2.05, 4.69) is 70.5 Å². The van der Waals surface area contributed by atoms with Crippen molar-refractivity contribution < 1.29 is 27.5 Å². The van der Waals surface area contributed by atoms with E-state index in [1.165, 1.54) is 0 Å². The third kappa shape index (κ3) is 8.21. The summed E-state index contributed by atoms with van der Waals surface area (Å²) in [6, 6.07) is 15.4. The zero-order chi connectivity index (χ0) is 36.3. The van der Waals surface area contributed by atoms with Crippen LogP contribution in [0.15, 0.2) is 67.3 Å². The molecule has 52 heavy (non-hydrogen) atoms. The maximum atomic E-state index is 14.7. The standard InChI is InChI=1S/C41H52N4O6S/c1-2-33-25-41(33,40(48)44-52(49,50)35-19-20-35)43-38(46)36-24-34-26-45(36)39(47)37(30-15-7-5-8-16-30)42-21-9-4-3-6-12-28-13-10-17-31(22-28)32-18-11-14-29(23-32)27-51-34/h2,6,10-14,17-18,22-23,30,33-37,42H,1,3-5,7-9,15-16,19-21,24-27H2,(H,43,46)(H,44,48)/b12-6-/t33-,34-,36+,37+,41-/m1/s1. The van der Waals surface area contributed by atoms with E-state index in [1.807, 2.05) is 12.1 Å². The average Bonchev–Trinajstić information content (AvgIpc) is 4.08. The van der Waals surface area contributed by atoms with Crippen LogP contribution in [0.5, 0.6) is 0 Å². The van der Waals surface area contributed by atoms with Crippen molar-refractivity contribution in [2.24, 2.45) is 11.8 Å². The molecule has 0 spiro atoms. The Bertz CT molecular complexity index is 1800. The highest BCUT2D eigenvalue weighted by Crippen LogP contribution is 2.45. The van der Waals surface area contributed by atoms with E-state index in [9.17, 15) is 22.8 Å². The highest BCUT2D eigenvalue weighted by atomic mass is 32.2. The molecule has 0 aromatic heterocycles. The fourth-order valence-electron chi connectivity index (χ4n) is 8.27. The van der Waals surface area contributed by atoms with Gasteiger partial charge < -0.3 is 20.3 Å². The summed E-state index contributed by atoms with van der Waals surface area (Å²) in [5.74, 6) is -1.58. The maximum Gasteiger partial charge on any atom is 0.259 e. The Hall–Kier alpha value is -3.80. The maximum absolute atomic E-state index is 14.7. The Labute approximate surface area is 307 Å². The van der Waals surface area contributed by atoms with Gasteiger partial charge in [0, 0.05) is 18.9 Å². The number of benzene rings is 2. The van der Waals surface area contributed by atoms with Gasteiger partial charge >= 0.3 is 0 Å². The van der Waals surface area contributed by atoms with E-state index in [-0.39, 0.29) is 31.2 Å². The average molecular weight is 729 g/mol. The van der Waals surface area contributed by atoms with Gasteiger partial charge in [0.2, 0.25) is 21.8 Å². The second kappa shape index (κ2) is 15.7. The monoisotopic (exact) mass is 728 g/mol. The molecule has 6 bridgehead atoms. The van der Waals surface area contributed by atoms with Crippen LogP contribution in [0, 0.1) is 11.8 Å². The zero-order valence-corrected chi connectivity index (χ0v) is 30.8. The highest BCUT2D eigenvalue weighted by molar-refractivity contribution is 7.91. The van der Waals surface area contributed by atoms with Gasteiger partial charge in [0.1, 0.15) is 11.6 Å². The first-order chi connectivity index (χ1) is 25.2. The molecule has 11 heteroatoms. The molecular formula is C41H52N4O6S. The molecule has 0 unspecified atom stereocenters. The van der Waals surface area contributed by atoms with Gasteiger partial charge in [0.15, 0.2) is 0 Å². The lowest BCUT2D eigenvalue weighted by Crippen LogP contribution is -2.59. The number of carbonyl (C=O) groups excluding carboxylic acids is 3. The van der Waals surface area contributed by atoms with Crippen molar-refractivity contribution in [3.63, 3.8) is 0 Å². The fourth-order valence-corrected chi connectivity index (χ4v) is 9.64.